The van der Waals surface area contributed by atoms with E-state index in [2.05, 4.69) is 11.9 Å². The van der Waals surface area contributed by atoms with Gasteiger partial charge in [0, 0.05) is 6.54 Å². The number of nitrogens with one attached hydrogen (secondary N) is 1. The summed E-state index contributed by atoms with van der Waals surface area (Å²) in [6.45, 7) is 5.30. The lowest BCUT2D eigenvalue weighted by Crippen LogP contribution is -2.36. The molecule has 2 atom stereocenters. The first-order chi connectivity index (χ1) is 4.18. The average Bonchev–Trinajstić information content (AvgIpc) is 1.82. The van der Waals surface area contributed by atoms with E-state index in [1.54, 1.807) is 6.08 Å². The van der Waals surface area contributed by atoms with Crippen molar-refractivity contribution in [3.63, 3.8) is 0 Å². The maximum atomic E-state index is 10.6. The Morgan fingerprint density at radius 3 is 2.78 bits per heavy atom. The molecule has 0 aliphatic heterocycles. The fraction of sp³-hybridized carbons (Fsp3) is 0.667. The highest BCUT2D eigenvalue weighted by Crippen LogP contribution is 1.86. The summed E-state index contributed by atoms with van der Waals surface area (Å²) >= 11 is 0. The largest absolute Gasteiger partial charge is 0.389 e. The van der Waals surface area contributed by atoms with E-state index in [0.717, 1.165) is 0 Å². The molecule has 0 heterocycles. The van der Waals surface area contributed by atoms with E-state index < -0.39 is 12.3 Å². The average molecular weight is 130 g/mol. The molecule has 2 unspecified atom stereocenters. The minimum Gasteiger partial charge on any atom is -0.389 e. The lowest BCUT2D eigenvalue weighted by molar-refractivity contribution is -0.0347. The van der Waals surface area contributed by atoms with Crippen molar-refractivity contribution in [2.75, 3.05) is 6.54 Å². The van der Waals surface area contributed by atoms with Gasteiger partial charge < -0.3 is 5.11 Å². The molecule has 0 fully saturated rings. The van der Waals surface area contributed by atoms with E-state index >= 15 is 0 Å². The van der Waals surface area contributed by atoms with Crippen LogP contribution in [0.4, 0.5) is 0 Å². The third-order valence-electron chi connectivity index (χ3n) is 0.902. The zero-order valence-corrected chi connectivity index (χ0v) is 5.50. The Morgan fingerprint density at radius 2 is 2.44 bits per heavy atom. The second-order valence-corrected chi connectivity index (χ2v) is 1.86. The van der Waals surface area contributed by atoms with Crippen LogP contribution in [0, 0.1) is 0 Å². The molecular formula is C6H12NO2. The van der Waals surface area contributed by atoms with E-state index in [1.807, 2.05) is 0 Å². The SMILES string of the molecule is C=CCNC([O])C(C)O. The fourth-order valence-corrected chi connectivity index (χ4v) is 0.370. The zero-order chi connectivity index (χ0) is 7.28. The molecule has 0 amide bonds. The summed E-state index contributed by atoms with van der Waals surface area (Å²) in [7, 11) is 0. The number of aliphatic hydroxyl groups is 1. The molecule has 3 heteroatoms. The summed E-state index contributed by atoms with van der Waals surface area (Å²) < 4.78 is 0. The van der Waals surface area contributed by atoms with Gasteiger partial charge in [0.1, 0.15) is 0 Å². The predicted octanol–water partition coefficient (Wildman–Crippen LogP) is -0.101. The Kier molecular flexibility index (Phi) is 4.30. The van der Waals surface area contributed by atoms with Gasteiger partial charge in [-0.25, -0.2) is 5.11 Å². The van der Waals surface area contributed by atoms with Crippen molar-refractivity contribution in [2.45, 2.75) is 19.3 Å². The zero-order valence-electron chi connectivity index (χ0n) is 5.50. The normalized spacial score (nSPS) is 16.8. The van der Waals surface area contributed by atoms with E-state index in [1.165, 1.54) is 6.92 Å². The van der Waals surface area contributed by atoms with Gasteiger partial charge in [0.25, 0.3) is 0 Å². The Labute approximate surface area is 55.0 Å². The highest BCUT2D eigenvalue weighted by atomic mass is 16.3. The van der Waals surface area contributed by atoms with Crippen molar-refractivity contribution in [1.82, 2.24) is 5.32 Å². The van der Waals surface area contributed by atoms with Crippen LogP contribution in [0.1, 0.15) is 6.92 Å². The van der Waals surface area contributed by atoms with Gasteiger partial charge in [0.15, 0.2) is 6.23 Å². The molecule has 0 saturated heterocycles. The molecule has 0 saturated carbocycles. The topological polar surface area (TPSA) is 52.2 Å². The van der Waals surface area contributed by atoms with Gasteiger partial charge in [-0.2, -0.15) is 0 Å². The molecule has 53 valence electrons. The molecular weight excluding hydrogens is 118 g/mol. The highest BCUT2D eigenvalue weighted by Gasteiger charge is 2.09. The van der Waals surface area contributed by atoms with Crippen LogP contribution in [0.2, 0.25) is 0 Å². The van der Waals surface area contributed by atoms with Gasteiger partial charge in [-0.3, -0.25) is 5.32 Å². The summed E-state index contributed by atoms with van der Waals surface area (Å²) in [4.78, 5) is 0. The van der Waals surface area contributed by atoms with E-state index in [4.69, 9.17) is 5.11 Å². The van der Waals surface area contributed by atoms with Gasteiger partial charge in [0.05, 0.1) is 6.10 Å². The van der Waals surface area contributed by atoms with Crippen LogP contribution < -0.4 is 5.32 Å². The van der Waals surface area contributed by atoms with Gasteiger partial charge in [-0.15, -0.1) is 6.58 Å². The van der Waals surface area contributed by atoms with E-state index in [0.29, 0.717) is 6.54 Å². The number of aliphatic hydroxyl groups excluding tert-OH is 1. The second-order valence-electron chi connectivity index (χ2n) is 1.86. The first kappa shape index (κ1) is 8.62. The molecule has 2 N–H and O–H groups in total. The van der Waals surface area contributed by atoms with Crippen LogP contribution in [-0.4, -0.2) is 24.0 Å². The van der Waals surface area contributed by atoms with Crippen molar-refractivity contribution < 1.29 is 10.2 Å². The highest BCUT2D eigenvalue weighted by molar-refractivity contribution is 4.71. The Balaban J connectivity index is 3.26. The van der Waals surface area contributed by atoms with E-state index in [-0.39, 0.29) is 0 Å². The molecule has 0 aliphatic carbocycles. The van der Waals surface area contributed by atoms with Gasteiger partial charge in [0.2, 0.25) is 0 Å². The molecule has 1 radical (unpaired) electrons. The van der Waals surface area contributed by atoms with Gasteiger partial charge >= 0.3 is 0 Å². The Hall–Kier alpha value is -0.380. The van der Waals surface area contributed by atoms with Crippen LogP contribution in [0.15, 0.2) is 12.7 Å². The maximum Gasteiger partial charge on any atom is 0.169 e. The summed E-state index contributed by atoms with van der Waals surface area (Å²) in [6, 6.07) is 0. The van der Waals surface area contributed by atoms with Crippen molar-refractivity contribution in [3.8, 4) is 0 Å². The molecule has 0 bridgehead atoms. The molecule has 3 nitrogen and oxygen atoms in total. The predicted molar refractivity (Wildman–Crippen MR) is 34.4 cm³/mol. The molecule has 9 heavy (non-hydrogen) atoms. The lowest BCUT2D eigenvalue weighted by atomic mass is 10.3. The van der Waals surface area contributed by atoms with Crippen molar-refractivity contribution >= 4 is 0 Å². The maximum absolute atomic E-state index is 10.6. The second kappa shape index (κ2) is 4.49. The van der Waals surface area contributed by atoms with Crippen LogP contribution in [0.3, 0.4) is 0 Å². The van der Waals surface area contributed by atoms with Crippen molar-refractivity contribution in [1.29, 1.82) is 0 Å². The minimum atomic E-state index is -1.09. The first-order valence-electron chi connectivity index (χ1n) is 2.86. The summed E-state index contributed by atoms with van der Waals surface area (Å²) in [5.74, 6) is 0. The molecule has 0 rings (SSSR count). The standard InChI is InChI=1S/C6H12NO2/c1-3-4-7-6(9)5(2)8/h3,5-8H,1,4H2,2H3. The van der Waals surface area contributed by atoms with Crippen molar-refractivity contribution in [2.24, 2.45) is 0 Å². The monoisotopic (exact) mass is 130 g/mol. The summed E-state index contributed by atoms with van der Waals surface area (Å²) in [5.41, 5.74) is 0. The van der Waals surface area contributed by atoms with Gasteiger partial charge in [-0.1, -0.05) is 6.08 Å². The number of rotatable bonds is 4. The van der Waals surface area contributed by atoms with Crippen LogP contribution in [0.5, 0.6) is 0 Å². The quantitative estimate of drug-likeness (QED) is 0.412. The third-order valence-corrected chi connectivity index (χ3v) is 0.902. The van der Waals surface area contributed by atoms with Crippen LogP contribution in [0.25, 0.3) is 0 Å². The molecule has 0 aliphatic rings. The minimum absolute atomic E-state index is 0.444. The molecule has 0 aromatic rings. The van der Waals surface area contributed by atoms with Crippen LogP contribution >= 0.6 is 0 Å². The fourth-order valence-electron chi connectivity index (χ4n) is 0.370. The Morgan fingerprint density at radius 1 is 1.89 bits per heavy atom. The van der Waals surface area contributed by atoms with E-state index in [9.17, 15) is 5.11 Å². The third kappa shape index (κ3) is 4.14. The van der Waals surface area contributed by atoms with Crippen molar-refractivity contribution in [3.05, 3.63) is 12.7 Å². The smallest absolute Gasteiger partial charge is 0.169 e. The Bertz CT molecular complexity index is 83.1. The number of hydrogen-bond donors (Lipinski definition) is 2. The molecule has 0 aromatic carbocycles. The lowest BCUT2D eigenvalue weighted by Gasteiger charge is -2.10. The van der Waals surface area contributed by atoms with Crippen LogP contribution in [-0.2, 0) is 5.11 Å². The number of hydrogen-bond acceptors (Lipinski definition) is 2. The van der Waals surface area contributed by atoms with Gasteiger partial charge in [-0.05, 0) is 6.92 Å². The molecule has 0 aromatic heterocycles. The summed E-state index contributed by atoms with van der Waals surface area (Å²) in [5, 5.41) is 21.7. The first-order valence-corrected chi connectivity index (χ1v) is 2.86. The molecule has 0 spiro atoms. The summed E-state index contributed by atoms with van der Waals surface area (Å²) in [6.07, 6.45) is -0.360.